The van der Waals surface area contributed by atoms with E-state index in [1.807, 2.05) is 20.8 Å². The first kappa shape index (κ1) is 17.9. The first-order valence-corrected chi connectivity index (χ1v) is 8.57. The van der Waals surface area contributed by atoms with Gasteiger partial charge in [0.1, 0.15) is 0 Å². The molecule has 0 radical (unpaired) electrons. The summed E-state index contributed by atoms with van der Waals surface area (Å²) in [6.45, 7) is 9.06. The van der Waals surface area contributed by atoms with Crippen LogP contribution in [0.1, 0.15) is 20.8 Å². The highest BCUT2D eigenvalue weighted by atomic mass is 79.9. The van der Waals surface area contributed by atoms with Gasteiger partial charge in [-0.3, -0.25) is 9.69 Å². The number of amides is 1. The van der Waals surface area contributed by atoms with Gasteiger partial charge in [0.15, 0.2) is 0 Å². The molecule has 0 aromatic carbocycles. The van der Waals surface area contributed by atoms with Crippen LogP contribution in [0.25, 0.3) is 0 Å². The van der Waals surface area contributed by atoms with Crippen LogP contribution in [0.4, 0.5) is 5.95 Å². The Morgan fingerprint density at radius 2 is 1.96 bits per heavy atom. The lowest BCUT2D eigenvalue weighted by atomic mass is 10.2. The second-order valence-corrected chi connectivity index (χ2v) is 6.74. The SMILES string of the molecule is COc1nc(N2CCN(C(C)C(=O)NC(C)C)CC2)ncc1Br. The Labute approximate surface area is 145 Å². The van der Waals surface area contributed by atoms with Crippen molar-refractivity contribution in [2.75, 3.05) is 38.2 Å². The Morgan fingerprint density at radius 1 is 1.30 bits per heavy atom. The molecular weight excluding hydrogens is 362 g/mol. The molecule has 0 saturated carbocycles. The summed E-state index contributed by atoms with van der Waals surface area (Å²) in [6.07, 6.45) is 1.70. The molecule has 0 spiro atoms. The van der Waals surface area contributed by atoms with Crippen molar-refractivity contribution in [3.05, 3.63) is 10.7 Å². The van der Waals surface area contributed by atoms with E-state index in [1.54, 1.807) is 13.3 Å². The zero-order valence-electron chi connectivity index (χ0n) is 14.0. The predicted octanol–water partition coefficient (Wildman–Crippen LogP) is 1.28. The van der Waals surface area contributed by atoms with Gasteiger partial charge in [-0.1, -0.05) is 0 Å². The molecule has 1 atom stereocenters. The molecular formula is C15H24BrN5O2. The zero-order chi connectivity index (χ0) is 17.0. The minimum Gasteiger partial charge on any atom is -0.480 e. The normalized spacial score (nSPS) is 17.2. The number of halogens is 1. The van der Waals surface area contributed by atoms with Gasteiger partial charge in [-0.2, -0.15) is 4.98 Å². The molecule has 1 aliphatic heterocycles. The van der Waals surface area contributed by atoms with Crippen molar-refractivity contribution < 1.29 is 9.53 Å². The quantitative estimate of drug-likeness (QED) is 0.822. The number of piperazine rings is 1. The van der Waals surface area contributed by atoms with E-state index in [-0.39, 0.29) is 18.0 Å². The van der Waals surface area contributed by atoms with Crippen molar-refractivity contribution in [1.29, 1.82) is 0 Å². The third kappa shape index (κ3) is 4.54. The Kier molecular flexibility index (Phi) is 6.17. The summed E-state index contributed by atoms with van der Waals surface area (Å²) < 4.78 is 5.95. The highest BCUT2D eigenvalue weighted by Crippen LogP contribution is 2.24. The Hall–Kier alpha value is -1.41. The molecule has 7 nitrogen and oxygen atoms in total. The number of hydrogen-bond acceptors (Lipinski definition) is 6. The summed E-state index contributed by atoms with van der Waals surface area (Å²) in [5, 5.41) is 2.96. The number of aromatic nitrogens is 2. The summed E-state index contributed by atoms with van der Waals surface area (Å²) in [4.78, 5) is 25.2. The fourth-order valence-corrected chi connectivity index (χ4v) is 2.87. The van der Waals surface area contributed by atoms with Crippen molar-refractivity contribution in [1.82, 2.24) is 20.2 Å². The lowest BCUT2D eigenvalue weighted by Gasteiger charge is -2.37. The molecule has 8 heteroatoms. The topological polar surface area (TPSA) is 70.6 Å². The van der Waals surface area contributed by atoms with E-state index in [0.29, 0.717) is 11.8 Å². The molecule has 1 aromatic rings. The molecule has 1 aliphatic rings. The van der Waals surface area contributed by atoms with Crippen molar-refractivity contribution in [2.24, 2.45) is 0 Å². The number of nitrogens with one attached hydrogen (secondary N) is 1. The number of hydrogen-bond donors (Lipinski definition) is 1. The minimum atomic E-state index is -0.125. The minimum absolute atomic E-state index is 0.0787. The largest absolute Gasteiger partial charge is 0.480 e. The third-order valence-electron chi connectivity index (χ3n) is 3.85. The van der Waals surface area contributed by atoms with Crippen LogP contribution in [0.2, 0.25) is 0 Å². The summed E-state index contributed by atoms with van der Waals surface area (Å²) in [5.74, 6) is 1.26. The molecule has 1 saturated heterocycles. The number of anilines is 1. The molecule has 23 heavy (non-hydrogen) atoms. The molecule has 0 aliphatic carbocycles. The first-order chi connectivity index (χ1) is 10.9. The molecule has 2 heterocycles. The molecule has 128 valence electrons. The smallest absolute Gasteiger partial charge is 0.237 e. The maximum absolute atomic E-state index is 12.1. The van der Waals surface area contributed by atoms with Gasteiger partial charge in [0.2, 0.25) is 17.7 Å². The number of nitrogens with zero attached hydrogens (tertiary/aromatic N) is 4. The van der Waals surface area contributed by atoms with E-state index < -0.39 is 0 Å². The van der Waals surface area contributed by atoms with Gasteiger partial charge >= 0.3 is 0 Å². The van der Waals surface area contributed by atoms with Crippen LogP contribution in [-0.4, -0.2) is 66.1 Å². The predicted molar refractivity (Wildman–Crippen MR) is 92.8 cm³/mol. The highest BCUT2D eigenvalue weighted by molar-refractivity contribution is 9.10. The van der Waals surface area contributed by atoms with E-state index in [4.69, 9.17) is 4.74 Å². The first-order valence-electron chi connectivity index (χ1n) is 7.78. The molecule has 1 aromatic heterocycles. The highest BCUT2D eigenvalue weighted by Gasteiger charge is 2.27. The number of carbonyl (C=O) groups is 1. The van der Waals surface area contributed by atoms with Gasteiger partial charge < -0.3 is 15.0 Å². The van der Waals surface area contributed by atoms with Gasteiger partial charge in [0.05, 0.1) is 23.8 Å². The third-order valence-corrected chi connectivity index (χ3v) is 4.39. The fraction of sp³-hybridized carbons (Fsp3) is 0.667. The van der Waals surface area contributed by atoms with Gasteiger partial charge in [-0.15, -0.1) is 0 Å². The summed E-state index contributed by atoms with van der Waals surface area (Å²) in [7, 11) is 1.59. The average molecular weight is 386 g/mol. The van der Waals surface area contributed by atoms with Crippen LogP contribution >= 0.6 is 15.9 Å². The number of ether oxygens (including phenoxy) is 1. The second-order valence-electron chi connectivity index (χ2n) is 5.89. The molecule has 1 unspecified atom stereocenters. The van der Waals surface area contributed by atoms with Crippen molar-refractivity contribution in [3.63, 3.8) is 0 Å². The molecule has 2 rings (SSSR count). The Bertz CT molecular complexity index is 547. The van der Waals surface area contributed by atoms with E-state index in [0.717, 1.165) is 30.7 Å². The number of carbonyl (C=O) groups excluding carboxylic acids is 1. The molecule has 1 amide bonds. The van der Waals surface area contributed by atoms with Gasteiger partial charge in [0, 0.05) is 32.2 Å². The number of methoxy groups -OCH3 is 1. The monoisotopic (exact) mass is 385 g/mol. The van der Waals surface area contributed by atoms with E-state index in [1.165, 1.54) is 0 Å². The van der Waals surface area contributed by atoms with Crippen LogP contribution in [0.5, 0.6) is 5.88 Å². The van der Waals surface area contributed by atoms with Crippen LogP contribution in [0.3, 0.4) is 0 Å². The maximum Gasteiger partial charge on any atom is 0.237 e. The Balaban J connectivity index is 1.94. The van der Waals surface area contributed by atoms with Gasteiger partial charge in [-0.25, -0.2) is 4.98 Å². The van der Waals surface area contributed by atoms with Crippen molar-refractivity contribution >= 4 is 27.8 Å². The van der Waals surface area contributed by atoms with Gasteiger partial charge in [-0.05, 0) is 36.7 Å². The number of rotatable bonds is 5. The molecule has 0 bridgehead atoms. The second kappa shape index (κ2) is 7.92. The maximum atomic E-state index is 12.1. The van der Waals surface area contributed by atoms with Crippen LogP contribution < -0.4 is 15.0 Å². The zero-order valence-corrected chi connectivity index (χ0v) is 15.6. The van der Waals surface area contributed by atoms with Crippen molar-refractivity contribution in [3.8, 4) is 5.88 Å². The fourth-order valence-electron chi connectivity index (χ4n) is 2.52. The lowest BCUT2D eigenvalue weighted by Crippen LogP contribution is -2.54. The van der Waals surface area contributed by atoms with Crippen LogP contribution in [0, 0.1) is 0 Å². The standard InChI is InChI=1S/C15H24BrN5O2/c1-10(2)18-13(22)11(3)20-5-7-21(8-6-20)15-17-9-12(16)14(19-15)23-4/h9-11H,5-8H2,1-4H3,(H,18,22). The van der Waals surface area contributed by atoms with E-state index in [2.05, 4.69) is 41.0 Å². The van der Waals surface area contributed by atoms with Crippen LogP contribution in [0.15, 0.2) is 10.7 Å². The molecule has 1 N–H and O–H groups in total. The van der Waals surface area contributed by atoms with Crippen molar-refractivity contribution in [2.45, 2.75) is 32.9 Å². The van der Waals surface area contributed by atoms with E-state index >= 15 is 0 Å². The summed E-state index contributed by atoms with van der Waals surface area (Å²) in [5.41, 5.74) is 0. The van der Waals surface area contributed by atoms with E-state index in [9.17, 15) is 4.79 Å². The average Bonchev–Trinajstić information content (AvgIpc) is 2.54. The summed E-state index contributed by atoms with van der Waals surface area (Å²) >= 11 is 3.36. The summed E-state index contributed by atoms with van der Waals surface area (Å²) in [6, 6.07) is 0.0368. The Morgan fingerprint density at radius 3 is 2.52 bits per heavy atom. The van der Waals surface area contributed by atoms with Gasteiger partial charge in [0.25, 0.3) is 0 Å². The lowest BCUT2D eigenvalue weighted by molar-refractivity contribution is -0.126. The molecule has 1 fully saturated rings. The van der Waals surface area contributed by atoms with Crippen LogP contribution in [-0.2, 0) is 4.79 Å².